The molecule has 2 fully saturated rings. The molecular formula is C12H20N2O. The summed E-state index contributed by atoms with van der Waals surface area (Å²) in [4.78, 5) is 2.57. The van der Waals surface area contributed by atoms with Gasteiger partial charge >= 0.3 is 0 Å². The third kappa shape index (κ3) is 2.94. The van der Waals surface area contributed by atoms with Crippen molar-refractivity contribution in [1.29, 1.82) is 0 Å². The second-order valence-electron chi connectivity index (χ2n) is 4.30. The van der Waals surface area contributed by atoms with Crippen molar-refractivity contribution >= 4 is 0 Å². The van der Waals surface area contributed by atoms with Crippen LogP contribution >= 0.6 is 0 Å². The monoisotopic (exact) mass is 208 g/mol. The van der Waals surface area contributed by atoms with Crippen LogP contribution in [-0.4, -0.2) is 49.8 Å². The van der Waals surface area contributed by atoms with E-state index in [2.05, 4.69) is 22.1 Å². The number of morpholine rings is 1. The molecule has 1 N–H and O–H groups in total. The first-order chi connectivity index (χ1) is 7.40. The Morgan fingerprint density at radius 2 is 2.47 bits per heavy atom. The van der Waals surface area contributed by atoms with Crippen LogP contribution in [0.15, 0.2) is 0 Å². The minimum atomic E-state index is 0.359. The van der Waals surface area contributed by atoms with Crippen LogP contribution in [0.3, 0.4) is 0 Å². The van der Waals surface area contributed by atoms with Crippen molar-refractivity contribution in [3.05, 3.63) is 0 Å². The van der Waals surface area contributed by atoms with Gasteiger partial charge in [0.1, 0.15) is 0 Å². The zero-order valence-electron chi connectivity index (χ0n) is 9.46. The minimum Gasteiger partial charge on any atom is -0.374 e. The quantitative estimate of drug-likeness (QED) is 0.539. The number of rotatable bonds is 3. The normalized spacial score (nSPS) is 30.7. The molecule has 2 saturated heterocycles. The van der Waals surface area contributed by atoms with Crippen molar-refractivity contribution in [1.82, 2.24) is 10.2 Å². The maximum atomic E-state index is 5.82. The van der Waals surface area contributed by atoms with Crippen LogP contribution in [0.4, 0.5) is 0 Å². The zero-order chi connectivity index (χ0) is 10.5. The summed E-state index contributed by atoms with van der Waals surface area (Å²) < 4.78 is 5.82. The molecule has 3 nitrogen and oxygen atoms in total. The van der Waals surface area contributed by atoms with Gasteiger partial charge in [-0.25, -0.2) is 0 Å². The molecule has 84 valence electrons. The summed E-state index contributed by atoms with van der Waals surface area (Å²) in [7, 11) is 0. The molecule has 0 aromatic carbocycles. The van der Waals surface area contributed by atoms with Crippen molar-refractivity contribution in [2.24, 2.45) is 0 Å². The maximum Gasteiger partial charge on any atom is 0.0827 e. The van der Waals surface area contributed by atoms with Crippen molar-refractivity contribution in [3.63, 3.8) is 0 Å². The minimum absolute atomic E-state index is 0.359. The Kier molecular flexibility index (Phi) is 4.01. The molecule has 0 saturated carbocycles. The largest absolute Gasteiger partial charge is 0.374 e. The van der Waals surface area contributed by atoms with Gasteiger partial charge in [0, 0.05) is 19.1 Å². The molecule has 2 aliphatic rings. The molecule has 2 atom stereocenters. The van der Waals surface area contributed by atoms with Crippen molar-refractivity contribution in [3.8, 4) is 11.8 Å². The summed E-state index contributed by atoms with van der Waals surface area (Å²) in [5.41, 5.74) is 0. The summed E-state index contributed by atoms with van der Waals surface area (Å²) in [6.07, 6.45) is 3.02. The van der Waals surface area contributed by atoms with E-state index in [0.717, 1.165) is 26.2 Å². The van der Waals surface area contributed by atoms with Gasteiger partial charge < -0.3 is 10.1 Å². The highest BCUT2D eigenvalue weighted by Crippen LogP contribution is 2.22. The van der Waals surface area contributed by atoms with Crippen molar-refractivity contribution < 1.29 is 4.74 Å². The smallest absolute Gasteiger partial charge is 0.0827 e. The van der Waals surface area contributed by atoms with E-state index in [1.165, 1.54) is 19.4 Å². The molecule has 2 rings (SSSR count). The molecule has 0 spiro atoms. The summed E-state index contributed by atoms with van der Waals surface area (Å²) >= 11 is 0. The van der Waals surface area contributed by atoms with Crippen molar-refractivity contribution in [2.75, 3.05) is 32.8 Å². The molecule has 0 aromatic rings. The van der Waals surface area contributed by atoms with E-state index in [4.69, 9.17) is 4.74 Å². The molecule has 0 aliphatic carbocycles. The topological polar surface area (TPSA) is 24.5 Å². The zero-order valence-corrected chi connectivity index (χ0v) is 9.46. The summed E-state index contributed by atoms with van der Waals surface area (Å²) in [6.45, 7) is 6.85. The summed E-state index contributed by atoms with van der Waals surface area (Å²) in [5, 5.41) is 3.31. The average molecular weight is 208 g/mol. The standard InChI is InChI=1S/C12H20N2O/c1-2-3-6-13-8-12-9-14-7-4-5-11(14)10-15-12/h11-13H,4-10H2,1H3. The van der Waals surface area contributed by atoms with Gasteiger partial charge in [-0.05, 0) is 26.3 Å². The van der Waals surface area contributed by atoms with E-state index >= 15 is 0 Å². The molecule has 0 aromatic heterocycles. The van der Waals surface area contributed by atoms with Crippen LogP contribution in [0.2, 0.25) is 0 Å². The predicted octanol–water partition coefficient (Wildman–Crippen LogP) is 0.463. The first kappa shape index (κ1) is 10.9. The van der Waals surface area contributed by atoms with E-state index in [1.807, 2.05) is 6.92 Å². The third-order valence-corrected chi connectivity index (χ3v) is 3.22. The molecule has 2 heterocycles. The highest BCUT2D eigenvalue weighted by Gasteiger charge is 2.31. The van der Waals surface area contributed by atoms with Gasteiger partial charge in [-0.15, -0.1) is 5.92 Å². The fourth-order valence-corrected chi connectivity index (χ4v) is 2.39. The lowest BCUT2D eigenvalue weighted by molar-refractivity contribution is -0.0465. The van der Waals surface area contributed by atoms with Gasteiger partial charge in [-0.3, -0.25) is 4.90 Å². The Morgan fingerprint density at radius 3 is 3.33 bits per heavy atom. The van der Waals surface area contributed by atoms with Crippen LogP contribution < -0.4 is 5.32 Å². The Hall–Kier alpha value is -0.560. The Morgan fingerprint density at radius 1 is 1.53 bits per heavy atom. The number of nitrogens with zero attached hydrogens (tertiary/aromatic N) is 1. The molecule has 0 radical (unpaired) electrons. The van der Waals surface area contributed by atoms with Crippen LogP contribution in [0.1, 0.15) is 19.8 Å². The van der Waals surface area contributed by atoms with Crippen molar-refractivity contribution in [2.45, 2.75) is 31.9 Å². The highest BCUT2D eigenvalue weighted by molar-refractivity contribution is 4.97. The highest BCUT2D eigenvalue weighted by atomic mass is 16.5. The first-order valence-corrected chi connectivity index (χ1v) is 5.86. The summed E-state index contributed by atoms with van der Waals surface area (Å²) in [6, 6.07) is 0.705. The van der Waals surface area contributed by atoms with Gasteiger partial charge in [0.2, 0.25) is 0 Å². The maximum absolute atomic E-state index is 5.82. The van der Waals surface area contributed by atoms with Crippen LogP contribution in [-0.2, 0) is 4.74 Å². The van der Waals surface area contributed by atoms with Crippen LogP contribution in [0.25, 0.3) is 0 Å². The molecule has 3 heteroatoms. The number of nitrogens with one attached hydrogen (secondary N) is 1. The van der Waals surface area contributed by atoms with Crippen LogP contribution in [0.5, 0.6) is 0 Å². The lowest BCUT2D eigenvalue weighted by Crippen LogP contribution is -2.49. The van der Waals surface area contributed by atoms with E-state index in [9.17, 15) is 0 Å². The Labute approximate surface area is 92.2 Å². The molecule has 2 aliphatic heterocycles. The fourth-order valence-electron chi connectivity index (χ4n) is 2.39. The SMILES string of the molecule is CC#CCNCC1CN2CCCC2CO1. The molecule has 0 bridgehead atoms. The van der Waals surface area contributed by atoms with Gasteiger partial charge in [0.05, 0.1) is 19.3 Å². The van der Waals surface area contributed by atoms with E-state index < -0.39 is 0 Å². The van der Waals surface area contributed by atoms with E-state index in [1.54, 1.807) is 0 Å². The predicted molar refractivity (Wildman–Crippen MR) is 60.7 cm³/mol. The van der Waals surface area contributed by atoms with Gasteiger partial charge in [-0.2, -0.15) is 0 Å². The number of hydrogen-bond acceptors (Lipinski definition) is 3. The van der Waals surface area contributed by atoms with E-state index in [0.29, 0.717) is 12.1 Å². The van der Waals surface area contributed by atoms with Gasteiger partial charge in [0.25, 0.3) is 0 Å². The molecule has 0 amide bonds. The molecular weight excluding hydrogens is 188 g/mol. The molecule has 2 unspecified atom stereocenters. The van der Waals surface area contributed by atoms with Crippen LogP contribution in [0, 0.1) is 11.8 Å². The van der Waals surface area contributed by atoms with Gasteiger partial charge in [0.15, 0.2) is 0 Å². The average Bonchev–Trinajstić information content (AvgIpc) is 2.71. The molecule has 15 heavy (non-hydrogen) atoms. The third-order valence-electron chi connectivity index (χ3n) is 3.22. The van der Waals surface area contributed by atoms with E-state index in [-0.39, 0.29) is 0 Å². The second kappa shape index (κ2) is 5.50. The van der Waals surface area contributed by atoms with Gasteiger partial charge in [-0.1, -0.05) is 5.92 Å². The first-order valence-electron chi connectivity index (χ1n) is 5.86. The number of hydrogen-bond donors (Lipinski definition) is 1. The number of fused-ring (bicyclic) bond motifs is 1. The summed E-state index contributed by atoms with van der Waals surface area (Å²) in [5.74, 6) is 5.88. The Balaban J connectivity index is 1.68. The fraction of sp³-hybridized carbons (Fsp3) is 0.833. The lowest BCUT2D eigenvalue weighted by Gasteiger charge is -2.35. The lowest BCUT2D eigenvalue weighted by atomic mass is 10.2. The second-order valence-corrected chi connectivity index (χ2v) is 4.30. The number of ether oxygens (including phenoxy) is 1. The Bertz CT molecular complexity index is 256.